The summed E-state index contributed by atoms with van der Waals surface area (Å²) < 4.78 is 18.0. The quantitative estimate of drug-likeness (QED) is 0.0947. The Kier molecular flexibility index (Phi) is 17.2. The van der Waals surface area contributed by atoms with Crippen molar-refractivity contribution in [3.05, 3.63) is 76.9 Å². The van der Waals surface area contributed by atoms with E-state index in [1.54, 1.807) is 61.5 Å². The van der Waals surface area contributed by atoms with Crippen LogP contribution in [0.15, 0.2) is 54.6 Å². The lowest BCUT2D eigenvalue weighted by atomic mass is 9.93. The number of likely N-dealkylation sites (N-methyl/N-ethyl adjacent to an activating group) is 1. The van der Waals surface area contributed by atoms with Crippen molar-refractivity contribution in [1.82, 2.24) is 26.2 Å². The number of fused-ring (bicyclic) bond motifs is 5. The number of ether oxygens (including phenoxy) is 3. The van der Waals surface area contributed by atoms with Crippen LogP contribution in [0.5, 0.6) is 17.2 Å². The Hall–Kier alpha value is -6.22. The van der Waals surface area contributed by atoms with E-state index in [-0.39, 0.29) is 52.2 Å². The molecule has 60 heavy (non-hydrogen) atoms. The number of hydrogen-bond acceptors (Lipinski definition) is 12. The standard InChI is InChI=1S/C43H57N9O8/c1-25(2)24-60-30-8-9-31(26(3)20-30)40(54)50-34(12-13-44)43(57)52(5)38-29-7-11-37(59-19-16-47)33(23-29)32-21-28(6-10-36(32)58-18-15-46)22-35(41(55)48-17-14-45)51-39(53)27(4)49-42(38)56/h6-11,20-21,23,25,27,34-35,38H,12-13,15-19,22,24,44,46-47H2,1-5H3,(H,48,55)(H,49,56)(H,50,54)(H,51,53)/t27-,34-,35-,38-/m0/s1. The minimum Gasteiger partial charge on any atom is -0.493 e. The maximum atomic E-state index is 14.5. The van der Waals surface area contributed by atoms with Crippen LogP contribution in [0.1, 0.15) is 60.3 Å². The molecule has 3 aromatic rings. The van der Waals surface area contributed by atoms with Crippen molar-refractivity contribution in [2.24, 2.45) is 23.1 Å². The lowest BCUT2D eigenvalue weighted by Gasteiger charge is -2.32. The molecule has 10 N–H and O–H groups in total. The van der Waals surface area contributed by atoms with Gasteiger partial charge in [-0.25, -0.2) is 0 Å². The van der Waals surface area contributed by atoms with Crippen LogP contribution in [0.3, 0.4) is 0 Å². The van der Waals surface area contributed by atoms with Crippen LogP contribution >= 0.6 is 0 Å². The zero-order valence-electron chi connectivity index (χ0n) is 34.8. The number of benzene rings is 3. The summed E-state index contributed by atoms with van der Waals surface area (Å²) in [5.74, 6) is -1.50. The number of nitrogens with one attached hydrogen (secondary N) is 4. The van der Waals surface area contributed by atoms with E-state index in [1.165, 1.54) is 18.9 Å². The molecule has 1 aliphatic rings. The van der Waals surface area contributed by atoms with E-state index in [4.69, 9.17) is 36.7 Å². The predicted molar refractivity (Wildman–Crippen MR) is 225 cm³/mol. The van der Waals surface area contributed by atoms with Crippen molar-refractivity contribution in [3.63, 3.8) is 0 Å². The SMILES string of the molecule is Cc1cc(OCC(C)C)ccc1C(=O)N[C@@H](CCN)C(=O)N(C)[C@@H]1C(=O)N[C@@H](C)C(=O)N[C@H](C(=O)NCC#N)Cc2ccc(OCCN)c(c2)-c2cc1ccc2OCCN. The minimum absolute atomic E-state index is 0.0101. The molecule has 5 amide bonds. The van der Waals surface area contributed by atoms with E-state index in [9.17, 15) is 24.0 Å². The lowest BCUT2D eigenvalue weighted by Crippen LogP contribution is -2.56. The molecule has 0 saturated carbocycles. The minimum atomic E-state index is -1.37. The molecule has 4 atom stereocenters. The number of aryl methyl sites for hydroxylation is 1. The van der Waals surface area contributed by atoms with Gasteiger partial charge in [-0.1, -0.05) is 26.0 Å². The molecule has 4 rings (SSSR count). The van der Waals surface area contributed by atoms with Gasteiger partial charge in [0.05, 0.1) is 12.7 Å². The normalized spacial score (nSPS) is 16.9. The van der Waals surface area contributed by atoms with Gasteiger partial charge >= 0.3 is 0 Å². The number of rotatable bonds is 17. The average molecular weight is 828 g/mol. The average Bonchev–Trinajstić information content (AvgIpc) is 3.22. The summed E-state index contributed by atoms with van der Waals surface area (Å²) in [6, 6.07) is 12.2. The molecule has 17 nitrogen and oxygen atoms in total. The van der Waals surface area contributed by atoms with E-state index in [1.807, 2.05) is 19.9 Å². The first-order valence-electron chi connectivity index (χ1n) is 19.9. The Morgan fingerprint density at radius 1 is 0.900 bits per heavy atom. The van der Waals surface area contributed by atoms with Gasteiger partial charge in [-0.3, -0.25) is 24.0 Å². The zero-order valence-corrected chi connectivity index (χ0v) is 34.8. The van der Waals surface area contributed by atoms with Gasteiger partial charge in [0.1, 0.15) is 61.2 Å². The number of hydrogen-bond donors (Lipinski definition) is 7. The number of nitriles is 1. The van der Waals surface area contributed by atoms with Gasteiger partial charge in [-0.05, 0) is 91.9 Å². The zero-order chi connectivity index (χ0) is 43.9. The van der Waals surface area contributed by atoms with Crippen molar-refractivity contribution in [2.45, 2.75) is 64.7 Å². The maximum Gasteiger partial charge on any atom is 0.252 e. The van der Waals surface area contributed by atoms with Crippen molar-refractivity contribution in [3.8, 4) is 34.4 Å². The molecule has 0 aliphatic carbocycles. The van der Waals surface area contributed by atoms with Gasteiger partial charge in [0, 0.05) is 43.2 Å². The Balaban J connectivity index is 1.83. The molecule has 322 valence electrons. The fraction of sp³-hybridized carbons (Fsp3) is 0.442. The number of nitrogens with two attached hydrogens (primary N) is 3. The molecular weight excluding hydrogens is 771 g/mol. The topological polar surface area (TPSA) is 266 Å². The summed E-state index contributed by atoms with van der Waals surface area (Å²) in [7, 11) is 1.42. The summed E-state index contributed by atoms with van der Waals surface area (Å²) in [5.41, 5.74) is 20.5. The summed E-state index contributed by atoms with van der Waals surface area (Å²) >= 11 is 0. The van der Waals surface area contributed by atoms with Gasteiger partial charge < -0.3 is 57.6 Å². The highest BCUT2D eigenvalue weighted by Crippen LogP contribution is 2.40. The molecule has 0 spiro atoms. The van der Waals surface area contributed by atoms with Crippen molar-refractivity contribution in [2.75, 3.05) is 53.0 Å². The van der Waals surface area contributed by atoms with E-state index < -0.39 is 53.7 Å². The number of carbonyl (C=O) groups is 5. The van der Waals surface area contributed by atoms with Crippen molar-refractivity contribution in [1.29, 1.82) is 5.26 Å². The molecule has 3 aromatic carbocycles. The predicted octanol–water partition coefficient (Wildman–Crippen LogP) is 1.20. The van der Waals surface area contributed by atoms with Gasteiger partial charge in [0.15, 0.2) is 0 Å². The fourth-order valence-corrected chi connectivity index (χ4v) is 6.61. The second-order valence-corrected chi connectivity index (χ2v) is 14.9. The molecule has 1 aliphatic heterocycles. The van der Waals surface area contributed by atoms with E-state index in [0.717, 1.165) is 0 Å². The second-order valence-electron chi connectivity index (χ2n) is 14.9. The first-order valence-corrected chi connectivity index (χ1v) is 19.9. The maximum absolute atomic E-state index is 14.5. The highest BCUT2D eigenvalue weighted by molar-refractivity contribution is 6.00. The summed E-state index contributed by atoms with van der Waals surface area (Å²) in [4.78, 5) is 70.8. The summed E-state index contributed by atoms with van der Waals surface area (Å²) in [6.07, 6.45) is 0.0495. The summed E-state index contributed by atoms with van der Waals surface area (Å²) in [5, 5.41) is 19.8. The third-order valence-corrected chi connectivity index (χ3v) is 9.64. The fourth-order valence-electron chi connectivity index (χ4n) is 6.61. The Bertz CT molecular complexity index is 2050. The second kappa shape index (κ2) is 22.2. The monoisotopic (exact) mass is 827 g/mol. The third-order valence-electron chi connectivity index (χ3n) is 9.64. The van der Waals surface area contributed by atoms with Gasteiger partial charge in [-0.2, -0.15) is 5.26 Å². The molecular formula is C43H57N9O8. The highest BCUT2D eigenvalue weighted by atomic mass is 16.5. The van der Waals surface area contributed by atoms with E-state index >= 15 is 0 Å². The molecule has 0 aromatic heterocycles. The molecule has 0 unspecified atom stereocenters. The van der Waals surface area contributed by atoms with Crippen LogP contribution in [-0.2, 0) is 25.6 Å². The molecule has 0 saturated heterocycles. The van der Waals surface area contributed by atoms with Crippen LogP contribution in [-0.4, -0.2) is 106 Å². The van der Waals surface area contributed by atoms with Gasteiger partial charge in [0.25, 0.3) is 5.91 Å². The molecule has 1 heterocycles. The van der Waals surface area contributed by atoms with Crippen LogP contribution in [0.4, 0.5) is 0 Å². The number of carbonyl (C=O) groups excluding carboxylic acids is 5. The Morgan fingerprint density at radius 2 is 1.57 bits per heavy atom. The van der Waals surface area contributed by atoms with Gasteiger partial charge in [-0.15, -0.1) is 0 Å². The third kappa shape index (κ3) is 12.2. The largest absolute Gasteiger partial charge is 0.493 e. The highest BCUT2D eigenvalue weighted by Gasteiger charge is 2.36. The smallest absolute Gasteiger partial charge is 0.252 e. The summed E-state index contributed by atoms with van der Waals surface area (Å²) in [6.45, 7) is 8.21. The molecule has 4 bridgehead atoms. The Labute approximate surface area is 350 Å². The van der Waals surface area contributed by atoms with Crippen LogP contribution < -0.4 is 52.7 Å². The Morgan fingerprint density at radius 3 is 2.18 bits per heavy atom. The van der Waals surface area contributed by atoms with Gasteiger partial charge in [0.2, 0.25) is 23.6 Å². The number of nitrogens with zero attached hydrogens (tertiary/aromatic N) is 2. The van der Waals surface area contributed by atoms with Crippen LogP contribution in [0, 0.1) is 24.2 Å². The lowest BCUT2D eigenvalue weighted by molar-refractivity contribution is -0.141. The first kappa shape index (κ1) is 46.5. The molecule has 0 fully saturated rings. The number of amides is 5. The van der Waals surface area contributed by atoms with Crippen LogP contribution in [0.25, 0.3) is 11.1 Å². The van der Waals surface area contributed by atoms with E-state index in [2.05, 4.69) is 21.3 Å². The molecule has 17 heteroatoms. The van der Waals surface area contributed by atoms with Crippen molar-refractivity contribution >= 4 is 29.5 Å². The van der Waals surface area contributed by atoms with E-state index in [0.29, 0.717) is 63.2 Å². The van der Waals surface area contributed by atoms with Crippen molar-refractivity contribution < 1.29 is 38.2 Å². The van der Waals surface area contributed by atoms with Crippen LogP contribution in [0.2, 0.25) is 0 Å². The molecule has 0 radical (unpaired) electrons. The first-order chi connectivity index (χ1) is 28.7.